The van der Waals surface area contributed by atoms with Gasteiger partial charge in [-0.3, -0.25) is 9.98 Å². The molecular formula is C16H11BrN2O. The molecule has 1 heterocycles. The van der Waals surface area contributed by atoms with Gasteiger partial charge in [-0.2, -0.15) is 0 Å². The van der Waals surface area contributed by atoms with E-state index in [1.807, 2.05) is 30.3 Å². The minimum Gasteiger partial charge on any atom is -0.506 e. The van der Waals surface area contributed by atoms with Crippen molar-refractivity contribution in [1.29, 1.82) is 0 Å². The first-order valence-corrected chi connectivity index (χ1v) is 6.90. The molecule has 0 saturated carbocycles. The molecule has 3 rings (SSSR count). The predicted molar refractivity (Wildman–Crippen MR) is 84.8 cm³/mol. The highest BCUT2D eigenvalue weighted by atomic mass is 79.9. The Morgan fingerprint density at radius 3 is 2.85 bits per heavy atom. The van der Waals surface area contributed by atoms with E-state index in [-0.39, 0.29) is 5.75 Å². The summed E-state index contributed by atoms with van der Waals surface area (Å²) in [5.74, 6) is 0.151. The van der Waals surface area contributed by atoms with Crippen LogP contribution in [0.1, 0.15) is 5.56 Å². The largest absolute Gasteiger partial charge is 0.506 e. The van der Waals surface area contributed by atoms with Gasteiger partial charge in [-0.25, -0.2) is 0 Å². The van der Waals surface area contributed by atoms with Crippen molar-refractivity contribution in [2.75, 3.05) is 0 Å². The van der Waals surface area contributed by atoms with Crippen molar-refractivity contribution in [3.05, 3.63) is 64.8 Å². The highest BCUT2D eigenvalue weighted by Gasteiger charge is 2.01. The Bertz CT molecular complexity index is 794. The number of nitrogens with zero attached hydrogens (tertiary/aromatic N) is 2. The van der Waals surface area contributed by atoms with Crippen LogP contribution in [0, 0.1) is 0 Å². The molecule has 4 heteroatoms. The molecule has 98 valence electrons. The number of phenolic OH excluding ortho intramolecular Hbond substituents is 1. The molecule has 3 aromatic rings. The number of phenols is 1. The maximum atomic E-state index is 9.78. The monoisotopic (exact) mass is 326 g/mol. The number of halogens is 1. The third-order valence-electron chi connectivity index (χ3n) is 2.94. The van der Waals surface area contributed by atoms with Crippen LogP contribution in [-0.2, 0) is 0 Å². The highest BCUT2D eigenvalue weighted by molar-refractivity contribution is 9.10. The molecule has 2 aromatic carbocycles. The molecule has 20 heavy (non-hydrogen) atoms. The molecule has 0 bridgehead atoms. The molecule has 0 fully saturated rings. The van der Waals surface area contributed by atoms with Crippen molar-refractivity contribution >= 4 is 38.7 Å². The summed E-state index contributed by atoms with van der Waals surface area (Å²) in [5.41, 5.74) is 2.34. The van der Waals surface area contributed by atoms with Crippen molar-refractivity contribution in [3.63, 3.8) is 0 Å². The second-order valence-corrected chi connectivity index (χ2v) is 5.23. The van der Waals surface area contributed by atoms with Gasteiger partial charge in [0.05, 0.1) is 5.52 Å². The fraction of sp³-hybridized carbons (Fsp3) is 0. The molecule has 0 radical (unpaired) electrons. The summed E-state index contributed by atoms with van der Waals surface area (Å²) in [6, 6.07) is 15.0. The third kappa shape index (κ3) is 2.56. The van der Waals surface area contributed by atoms with Crippen LogP contribution < -0.4 is 0 Å². The van der Waals surface area contributed by atoms with Crippen LogP contribution in [0.15, 0.2) is 64.2 Å². The third-order valence-corrected chi connectivity index (χ3v) is 3.44. The molecule has 0 spiro atoms. The van der Waals surface area contributed by atoms with Crippen LogP contribution in [0.3, 0.4) is 0 Å². The SMILES string of the molecule is Oc1ccc(Br)cc1N=Cc1cccc2cccnc12. The lowest BCUT2D eigenvalue weighted by atomic mass is 10.1. The second-order valence-electron chi connectivity index (χ2n) is 4.31. The average molecular weight is 327 g/mol. The number of benzene rings is 2. The van der Waals surface area contributed by atoms with Gasteiger partial charge in [0, 0.05) is 27.8 Å². The van der Waals surface area contributed by atoms with Gasteiger partial charge in [-0.05, 0) is 24.3 Å². The first-order chi connectivity index (χ1) is 9.74. The number of fused-ring (bicyclic) bond motifs is 1. The summed E-state index contributed by atoms with van der Waals surface area (Å²) in [4.78, 5) is 8.71. The summed E-state index contributed by atoms with van der Waals surface area (Å²) in [6.07, 6.45) is 3.48. The van der Waals surface area contributed by atoms with E-state index >= 15 is 0 Å². The molecule has 0 saturated heterocycles. The van der Waals surface area contributed by atoms with E-state index in [1.165, 1.54) is 0 Å². The fourth-order valence-electron chi connectivity index (χ4n) is 1.97. The zero-order valence-electron chi connectivity index (χ0n) is 10.5. The van der Waals surface area contributed by atoms with E-state index in [9.17, 15) is 5.11 Å². The smallest absolute Gasteiger partial charge is 0.141 e. The maximum absolute atomic E-state index is 9.78. The van der Waals surface area contributed by atoms with Gasteiger partial charge < -0.3 is 5.11 Å². The Morgan fingerprint density at radius 2 is 1.95 bits per heavy atom. The van der Waals surface area contributed by atoms with Crippen molar-refractivity contribution in [1.82, 2.24) is 4.98 Å². The van der Waals surface area contributed by atoms with Crippen molar-refractivity contribution < 1.29 is 5.11 Å². The molecule has 1 N–H and O–H groups in total. The van der Waals surface area contributed by atoms with Gasteiger partial charge in [0.15, 0.2) is 0 Å². The molecule has 0 unspecified atom stereocenters. The van der Waals surface area contributed by atoms with Gasteiger partial charge in [-0.15, -0.1) is 0 Å². The average Bonchev–Trinajstić information content (AvgIpc) is 2.48. The zero-order valence-corrected chi connectivity index (χ0v) is 12.1. The van der Waals surface area contributed by atoms with Crippen LogP contribution in [-0.4, -0.2) is 16.3 Å². The summed E-state index contributed by atoms with van der Waals surface area (Å²) in [6.45, 7) is 0. The zero-order chi connectivity index (χ0) is 13.9. The number of para-hydroxylation sites is 1. The molecule has 0 aliphatic rings. The molecule has 1 aromatic heterocycles. The van der Waals surface area contributed by atoms with Crippen molar-refractivity contribution in [2.24, 2.45) is 4.99 Å². The maximum Gasteiger partial charge on any atom is 0.141 e. The molecule has 0 aliphatic carbocycles. The minimum absolute atomic E-state index is 0.151. The van der Waals surface area contributed by atoms with E-state index in [1.54, 1.807) is 30.6 Å². The van der Waals surface area contributed by atoms with Gasteiger partial charge in [-0.1, -0.05) is 40.2 Å². The Balaban J connectivity index is 2.05. The van der Waals surface area contributed by atoms with Gasteiger partial charge >= 0.3 is 0 Å². The second kappa shape index (κ2) is 5.43. The van der Waals surface area contributed by atoms with E-state index in [0.717, 1.165) is 20.9 Å². The molecule has 0 atom stereocenters. The van der Waals surface area contributed by atoms with Crippen LogP contribution in [0.5, 0.6) is 5.75 Å². The van der Waals surface area contributed by atoms with Gasteiger partial charge in [0.25, 0.3) is 0 Å². The van der Waals surface area contributed by atoms with E-state index in [2.05, 4.69) is 25.9 Å². The lowest BCUT2D eigenvalue weighted by Gasteiger charge is -2.01. The standard InChI is InChI=1S/C16H11BrN2O/c17-13-6-7-15(20)14(9-13)19-10-12-4-1-3-11-5-2-8-18-16(11)12/h1-10,20H. The molecular weight excluding hydrogens is 316 g/mol. The summed E-state index contributed by atoms with van der Waals surface area (Å²) < 4.78 is 0.874. The number of aliphatic imine (C=N–C) groups is 1. The highest BCUT2D eigenvalue weighted by Crippen LogP contribution is 2.29. The topological polar surface area (TPSA) is 45.5 Å². The Hall–Kier alpha value is -2.20. The summed E-state index contributed by atoms with van der Waals surface area (Å²) >= 11 is 3.36. The van der Waals surface area contributed by atoms with Crippen LogP contribution in [0.2, 0.25) is 0 Å². The Labute approximate surface area is 124 Å². The first kappa shape index (κ1) is 12.8. The number of hydrogen-bond acceptors (Lipinski definition) is 3. The lowest BCUT2D eigenvalue weighted by molar-refractivity contribution is 0.477. The van der Waals surface area contributed by atoms with Crippen LogP contribution >= 0.6 is 15.9 Å². The summed E-state index contributed by atoms with van der Waals surface area (Å²) in [5, 5.41) is 10.8. The molecule has 0 amide bonds. The number of hydrogen-bond donors (Lipinski definition) is 1. The number of aromatic hydroxyl groups is 1. The molecule has 0 aliphatic heterocycles. The number of rotatable bonds is 2. The van der Waals surface area contributed by atoms with E-state index in [0.29, 0.717) is 5.69 Å². The minimum atomic E-state index is 0.151. The Morgan fingerprint density at radius 1 is 1.10 bits per heavy atom. The summed E-state index contributed by atoms with van der Waals surface area (Å²) in [7, 11) is 0. The lowest BCUT2D eigenvalue weighted by Crippen LogP contribution is -1.86. The van der Waals surface area contributed by atoms with Crippen LogP contribution in [0.25, 0.3) is 10.9 Å². The number of pyridine rings is 1. The molecule has 3 nitrogen and oxygen atoms in total. The van der Waals surface area contributed by atoms with Crippen molar-refractivity contribution in [2.45, 2.75) is 0 Å². The van der Waals surface area contributed by atoms with Gasteiger partial charge in [0.2, 0.25) is 0 Å². The number of aromatic nitrogens is 1. The first-order valence-electron chi connectivity index (χ1n) is 6.10. The predicted octanol–water partition coefficient (Wildman–Crippen LogP) is 4.45. The fourth-order valence-corrected chi connectivity index (χ4v) is 2.32. The quantitative estimate of drug-likeness (QED) is 0.707. The Kier molecular flexibility index (Phi) is 3.48. The van der Waals surface area contributed by atoms with Crippen LogP contribution in [0.4, 0.5) is 5.69 Å². The van der Waals surface area contributed by atoms with E-state index < -0.39 is 0 Å². The van der Waals surface area contributed by atoms with E-state index in [4.69, 9.17) is 0 Å². The van der Waals surface area contributed by atoms with Crippen molar-refractivity contribution in [3.8, 4) is 5.75 Å². The van der Waals surface area contributed by atoms with Gasteiger partial charge in [0.1, 0.15) is 11.4 Å². The normalized spacial score (nSPS) is 11.2.